The Hall–Kier alpha value is -0.870. The van der Waals surface area contributed by atoms with Crippen molar-refractivity contribution in [3.05, 3.63) is 11.1 Å². The first-order valence-electron chi connectivity index (χ1n) is 6.03. The van der Waals surface area contributed by atoms with Crippen LogP contribution >= 0.6 is 0 Å². The van der Waals surface area contributed by atoms with Gasteiger partial charge in [-0.05, 0) is 38.4 Å². The molecule has 4 heteroatoms. The third-order valence-electron chi connectivity index (χ3n) is 3.59. The number of carbonyl (C=O) groups excluding carboxylic acids is 1. The van der Waals surface area contributed by atoms with Gasteiger partial charge in [0.2, 0.25) is 5.91 Å². The second-order valence-electron chi connectivity index (χ2n) is 4.96. The largest absolute Gasteiger partial charge is 0.352 e. The van der Waals surface area contributed by atoms with E-state index < -0.39 is 0 Å². The first-order chi connectivity index (χ1) is 7.66. The highest BCUT2D eigenvalue weighted by Crippen LogP contribution is 2.13. The van der Waals surface area contributed by atoms with Crippen LogP contribution < -0.4 is 10.6 Å². The molecule has 2 heterocycles. The van der Waals surface area contributed by atoms with Crippen LogP contribution in [0.5, 0.6) is 0 Å². The first-order valence-corrected chi connectivity index (χ1v) is 6.03. The maximum Gasteiger partial charge on any atom is 0.246 e. The van der Waals surface area contributed by atoms with Crippen LogP contribution in [0.15, 0.2) is 11.1 Å². The highest BCUT2D eigenvalue weighted by molar-refractivity contribution is 5.93. The average Bonchev–Trinajstić information content (AvgIpc) is 2.58. The van der Waals surface area contributed by atoms with Crippen molar-refractivity contribution in [1.82, 2.24) is 15.5 Å². The molecule has 4 nitrogen and oxygen atoms in total. The predicted octanol–water partition coefficient (Wildman–Crippen LogP) is -0.0260. The highest BCUT2D eigenvalue weighted by atomic mass is 16.1. The molecule has 2 aliphatic heterocycles. The standard InChI is InChI=1S/C12H21N3O/c1-9(11-6-13-7-11)12(16)14-5-10-3-4-15(2)8-10/h10,13H,3-8H2,1-2H3,(H,14,16). The Morgan fingerprint density at radius 2 is 2.31 bits per heavy atom. The van der Waals surface area contributed by atoms with Crippen molar-refractivity contribution in [2.45, 2.75) is 13.3 Å². The molecule has 2 fully saturated rings. The zero-order valence-corrected chi connectivity index (χ0v) is 10.2. The molecule has 16 heavy (non-hydrogen) atoms. The number of carbonyl (C=O) groups is 1. The monoisotopic (exact) mass is 223 g/mol. The summed E-state index contributed by atoms with van der Waals surface area (Å²) in [6, 6.07) is 0. The molecular formula is C12H21N3O. The molecule has 0 saturated carbocycles. The summed E-state index contributed by atoms with van der Waals surface area (Å²) in [5.74, 6) is 0.748. The van der Waals surface area contributed by atoms with Crippen LogP contribution in [0, 0.1) is 5.92 Å². The lowest BCUT2D eigenvalue weighted by atomic mass is 10.0. The van der Waals surface area contributed by atoms with Gasteiger partial charge in [-0.25, -0.2) is 0 Å². The van der Waals surface area contributed by atoms with Gasteiger partial charge in [-0.3, -0.25) is 4.79 Å². The van der Waals surface area contributed by atoms with Crippen molar-refractivity contribution >= 4 is 5.91 Å². The number of hydrogen-bond acceptors (Lipinski definition) is 3. The molecule has 0 aromatic rings. The number of nitrogens with zero attached hydrogens (tertiary/aromatic N) is 1. The summed E-state index contributed by atoms with van der Waals surface area (Å²) in [7, 11) is 2.13. The number of likely N-dealkylation sites (tertiary alicyclic amines) is 1. The minimum Gasteiger partial charge on any atom is -0.352 e. The fraction of sp³-hybridized carbons (Fsp3) is 0.750. The molecule has 90 valence electrons. The number of hydrogen-bond donors (Lipinski definition) is 2. The van der Waals surface area contributed by atoms with Crippen LogP contribution in [0.1, 0.15) is 13.3 Å². The van der Waals surface area contributed by atoms with Crippen molar-refractivity contribution in [2.75, 3.05) is 39.8 Å². The van der Waals surface area contributed by atoms with Crippen LogP contribution in [-0.4, -0.2) is 50.6 Å². The van der Waals surface area contributed by atoms with Gasteiger partial charge in [0.15, 0.2) is 0 Å². The number of rotatable bonds is 3. The fourth-order valence-corrected chi connectivity index (χ4v) is 2.24. The van der Waals surface area contributed by atoms with Gasteiger partial charge < -0.3 is 15.5 Å². The maximum absolute atomic E-state index is 11.8. The summed E-state index contributed by atoms with van der Waals surface area (Å²) in [5, 5.41) is 6.20. The Bertz CT molecular complexity index is 305. The zero-order valence-electron chi connectivity index (χ0n) is 10.2. The van der Waals surface area contributed by atoms with Gasteiger partial charge in [0, 0.05) is 31.8 Å². The Labute approximate surface area is 97.1 Å². The highest BCUT2D eigenvalue weighted by Gasteiger charge is 2.21. The first kappa shape index (κ1) is 11.6. The van der Waals surface area contributed by atoms with E-state index in [0.29, 0.717) is 5.92 Å². The number of amides is 1. The molecule has 2 rings (SSSR count). The van der Waals surface area contributed by atoms with E-state index in [1.807, 2.05) is 6.92 Å². The molecule has 2 saturated heterocycles. The second kappa shape index (κ2) is 4.97. The second-order valence-corrected chi connectivity index (χ2v) is 4.96. The van der Waals surface area contributed by atoms with E-state index in [2.05, 4.69) is 22.6 Å². The molecule has 0 radical (unpaired) electrons. The fourth-order valence-electron chi connectivity index (χ4n) is 2.24. The number of nitrogens with one attached hydrogen (secondary N) is 2. The van der Waals surface area contributed by atoms with Crippen LogP contribution in [0.3, 0.4) is 0 Å². The summed E-state index contributed by atoms with van der Waals surface area (Å²) in [4.78, 5) is 14.1. The van der Waals surface area contributed by atoms with Gasteiger partial charge in [-0.2, -0.15) is 0 Å². The van der Waals surface area contributed by atoms with Crippen LogP contribution in [-0.2, 0) is 4.79 Å². The molecule has 0 aliphatic carbocycles. The van der Waals surface area contributed by atoms with E-state index in [1.165, 1.54) is 12.0 Å². The van der Waals surface area contributed by atoms with E-state index in [9.17, 15) is 4.79 Å². The van der Waals surface area contributed by atoms with E-state index >= 15 is 0 Å². The third kappa shape index (κ3) is 2.62. The molecule has 1 atom stereocenters. The van der Waals surface area contributed by atoms with Crippen LogP contribution in [0.25, 0.3) is 0 Å². The molecular weight excluding hydrogens is 202 g/mol. The smallest absolute Gasteiger partial charge is 0.246 e. The minimum atomic E-state index is 0.117. The SMILES string of the molecule is CC(C(=O)NCC1CCN(C)C1)=C1CNC1. The van der Waals surface area contributed by atoms with Gasteiger partial charge in [0.25, 0.3) is 0 Å². The third-order valence-corrected chi connectivity index (χ3v) is 3.59. The quantitative estimate of drug-likeness (QED) is 0.661. The Kier molecular flexibility index (Phi) is 3.61. The Balaban J connectivity index is 1.75. The lowest BCUT2D eigenvalue weighted by molar-refractivity contribution is -0.117. The normalized spacial score (nSPS) is 25.4. The van der Waals surface area contributed by atoms with Gasteiger partial charge in [0.05, 0.1) is 0 Å². The van der Waals surface area contributed by atoms with Crippen LogP contribution in [0.2, 0.25) is 0 Å². The van der Waals surface area contributed by atoms with Gasteiger partial charge >= 0.3 is 0 Å². The van der Waals surface area contributed by atoms with Gasteiger partial charge in [0.1, 0.15) is 0 Å². The molecule has 0 aromatic heterocycles. The lowest BCUT2D eigenvalue weighted by Gasteiger charge is -2.22. The summed E-state index contributed by atoms with van der Waals surface area (Å²) >= 11 is 0. The predicted molar refractivity (Wildman–Crippen MR) is 64.2 cm³/mol. The van der Waals surface area contributed by atoms with Crippen molar-refractivity contribution in [3.8, 4) is 0 Å². The molecule has 0 spiro atoms. The van der Waals surface area contributed by atoms with E-state index in [1.54, 1.807) is 0 Å². The maximum atomic E-state index is 11.8. The summed E-state index contributed by atoms with van der Waals surface area (Å²) in [5.41, 5.74) is 2.16. The van der Waals surface area contributed by atoms with Crippen molar-refractivity contribution in [2.24, 2.45) is 5.92 Å². The lowest BCUT2D eigenvalue weighted by Crippen LogP contribution is -2.38. The van der Waals surface area contributed by atoms with Crippen molar-refractivity contribution in [1.29, 1.82) is 0 Å². The van der Waals surface area contributed by atoms with Crippen molar-refractivity contribution < 1.29 is 4.79 Å². The van der Waals surface area contributed by atoms with Gasteiger partial charge in [-0.1, -0.05) is 0 Å². The van der Waals surface area contributed by atoms with Gasteiger partial charge in [-0.15, -0.1) is 0 Å². The molecule has 1 amide bonds. The molecule has 1 unspecified atom stereocenters. The topological polar surface area (TPSA) is 44.4 Å². The van der Waals surface area contributed by atoms with E-state index in [4.69, 9.17) is 0 Å². The summed E-state index contributed by atoms with van der Waals surface area (Å²) in [6.07, 6.45) is 1.20. The van der Waals surface area contributed by atoms with E-state index in [-0.39, 0.29) is 5.91 Å². The van der Waals surface area contributed by atoms with Crippen LogP contribution in [0.4, 0.5) is 0 Å². The molecule has 0 aromatic carbocycles. The molecule has 2 N–H and O–H groups in total. The summed E-state index contributed by atoms with van der Waals surface area (Å²) in [6.45, 7) is 6.77. The Morgan fingerprint density at radius 1 is 1.56 bits per heavy atom. The molecule has 0 bridgehead atoms. The average molecular weight is 223 g/mol. The minimum absolute atomic E-state index is 0.117. The Morgan fingerprint density at radius 3 is 2.81 bits per heavy atom. The summed E-state index contributed by atoms with van der Waals surface area (Å²) < 4.78 is 0. The van der Waals surface area contributed by atoms with Crippen molar-refractivity contribution in [3.63, 3.8) is 0 Å². The zero-order chi connectivity index (χ0) is 11.5. The van der Waals surface area contributed by atoms with E-state index in [0.717, 1.165) is 38.3 Å². The molecule has 2 aliphatic rings.